The highest BCUT2D eigenvalue weighted by molar-refractivity contribution is 9.10. The van der Waals surface area contributed by atoms with E-state index in [-0.39, 0.29) is 5.91 Å². The van der Waals surface area contributed by atoms with Gasteiger partial charge in [0.1, 0.15) is 0 Å². The van der Waals surface area contributed by atoms with E-state index < -0.39 is 0 Å². The number of halogens is 1. The van der Waals surface area contributed by atoms with Gasteiger partial charge >= 0.3 is 0 Å². The lowest BCUT2D eigenvalue weighted by Gasteiger charge is -2.31. The zero-order valence-electron chi connectivity index (χ0n) is 17.0. The summed E-state index contributed by atoms with van der Waals surface area (Å²) in [6.07, 6.45) is 3.89. The standard InChI is InChI=1S/C23H25BrN4O/c1-14-5-4-10-28(13-14)23(29)19-12-25-22-18(8-6-16(3)26-22)21(19)27-17-7-9-20(24)15(2)11-17/h6-9,11-12,14H,4-5,10,13H2,1-3H3,(H,25,26,27)/t14-/m1/s1. The summed E-state index contributed by atoms with van der Waals surface area (Å²) < 4.78 is 1.05. The van der Waals surface area contributed by atoms with Crippen molar-refractivity contribution in [1.82, 2.24) is 14.9 Å². The Balaban J connectivity index is 1.80. The maximum Gasteiger partial charge on any atom is 0.257 e. The summed E-state index contributed by atoms with van der Waals surface area (Å²) in [7, 11) is 0. The number of benzene rings is 1. The number of aromatic nitrogens is 2. The Hall–Kier alpha value is -2.47. The van der Waals surface area contributed by atoms with Crippen molar-refractivity contribution in [3.8, 4) is 0 Å². The van der Waals surface area contributed by atoms with Crippen LogP contribution in [-0.4, -0.2) is 33.9 Å². The van der Waals surface area contributed by atoms with Crippen molar-refractivity contribution in [2.45, 2.75) is 33.6 Å². The third kappa shape index (κ3) is 4.13. The van der Waals surface area contributed by atoms with E-state index in [1.165, 1.54) is 6.42 Å². The number of aryl methyl sites for hydroxylation is 2. The number of rotatable bonds is 3. The van der Waals surface area contributed by atoms with Crippen molar-refractivity contribution >= 4 is 44.2 Å². The zero-order chi connectivity index (χ0) is 20.5. The molecule has 1 aromatic carbocycles. The molecule has 29 heavy (non-hydrogen) atoms. The Morgan fingerprint density at radius 3 is 2.83 bits per heavy atom. The van der Waals surface area contributed by atoms with Gasteiger partial charge < -0.3 is 10.2 Å². The second kappa shape index (κ2) is 8.11. The minimum atomic E-state index is 0.0304. The molecule has 0 bridgehead atoms. The van der Waals surface area contributed by atoms with E-state index in [0.29, 0.717) is 17.1 Å². The molecule has 1 aliphatic rings. The van der Waals surface area contributed by atoms with Gasteiger partial charge in [0.05, 0.1) is 11.3 Å². The van der Waals surface area contributed by atoms with E-state index in [2.05, 4.69) is 44.2 Å². The van der Waals surface area contributed by atoms with Crippen LogP contribution in [0.2, 0.25) is 0 Å². The molecule has 6 heteroatoms. The van der Waals surface area contributed by atoms with Gasteiger partial charge in [-0.15, -0.1) is 0 Å². The molecule has 150 valence electrons. The number of hydrogen-bond donors (Lipinski definition) is 1. The van der Waals surface area contributed by atoms with Gasteiger partial charge in [-0.05, 0) is 68.5 Å². The SMILES string of the molecule is Cc1ccc2c(Nc3ccc(Br)c(C)c3)c(C(=O)N3CCC[C@@H](C)C3)cnc2n1. The molecule has 3 aromatic rings. The number of fused-ring (bicyclic) bond motifs is 1. The van der Waals surface area contributed by atoms with Gasteiger partial charge in [0.2, 0.25) is 0 Å². The van der Waals surface area contributed by atoms with E-state index in [0.717, 1.165) is 52.0 Å². The van der Waals surface area contributed by atoms with Crippen molar-refractivity contribution in [2.24, 2.45) is 5.92 Å². The summed E-state index contributed by atoms with van der Waals surface area (Å²) in [5.74, 6) is 0.554. The number of hydrogen-bond acceptors (Lipinski definition) is 4. The van der Waals surface area contributed by atoms with Gasteiger partial charge in [0.25, 0.3) is 5.91 Å². The van der Waals surface area contributed by atoms with Crippen LogP contribution in [0.3, 0.4) is 0 Å². The fourth-order valence-corrected chi connectivity index (χ4v) is 4.13. The molecule has 0 radical (unpaired) electrons. The van der Waals surface area contributed by atoms with Crippen LogP contribution in [0.25, 0.3) is 11.0 Å². The highest BCUT2D eigenvalue weighted by Crippen LogP contribution is 2.31. The van der Waals surface area contributed by atoms with Crippen LogP contribution in [0.15, 0.2) is 41.0 Å². The smallest absolute Gasteiger partial charge is 0.257 e. The molecule has 4 rings (SSSR count). The first kappa shape index (κ1) is 19.8. The van der Waals surface area contributed by atoms with Crippen LogP contribution < -0.4 is 5.32 Å². The topological polar surface area (TPSA) is 58.1 Å². The predicted octanol–water partition coefficient (Wildman–Crippen LogP) is 5.62. The van der Waals surface area contributed by atoms with Gasteiger partial charge in [-0.25, -0.2) is 9.97 Å². The number of pyridine rings is 2. The molecule has 0 unspecified atom stereocenters. The maximum atomic E-state index is 13.4. The first-order chi connectivity index (χ1) is 13.9. The number of carbonyl (C=O) groups is 1. The Labute approximate surface area is 179 Å². The summed E-state index contributed by atoms with van der Waals surface area (Å²) in [5, 5.41) is 4.34. The molecule has 3 heterocycles. The molecule has 1 amide bonds. The highest BCUT2D eigenvalue weighted by Gasteiger charge is 2.25. The van der Waals surface area contributed by atoms with Crippen LogP contribution >= 0.6 is 15.9 Å². The van der Waals surface area contributed by atoms with Crippen molar-refractivity contribution in [2.75, 3.05) is 18.4 Å². The number of piperidine rings is 1. The maximum absolute atomic E-state index is 13.4. The third-order valence-electron chi connectivity index (χ3n) is 5.47. The Morgan fingerprint density at radius 2 is 2.07 bits per heavy atom. The average molecular weight is 453 g/mol. The van der Waals surface area contributed by atoms with E-state index in [9.17, 15) is 4.79 Å². The molecule has 1 atom stereocenters. The van der Waals surface area contributed by atoms with Crippen LogP contribution in [-0.2, 0) is 0 Å². The van der Waals surface area contributed by atoms with Gasteiger partial charge in [-0.3, -0.25) is 4.79 Å². The van der Waals surface area contributed by atoms with Crippen molar-refractivity contribution in [3.05, 3.63) is 57.8 Å². The molecule has 2 aromatic heterocycles. The molecule has 5 nitrogen and oxygen atoms in total. The van der Waals surface area contributed by atoms with E-state index in [4.69, 9.17) is 0 Å². The number of nitrogens with one attached hydrogen (secondary N) is 1. The highest BCUT2D eigenvalue weighted by atomic mass is 79.9. The quantitative estimate of drug-likeness (QED) is 0.559. The second-order valence-corrected chi connectivity index (χ2v) is 8.81. The minimum Gasteiger partial charge on any atom is -0.354 e. The molecular weight excluding hydrogens is 428 g/mol. The lowest BCUT2D eigenvalue weighted by molar-refractivity contribution is 0.0684. The van der Waals surface area contributed by atoms with Crippen molar-refractivity contribution in [3.63, 3.8) is 0 Å². The second-order valence-electron chi connectivity index (χ2n) is 7.96. The van der Waals surface area contributed by atoms with Crippen LogP contribution in [0.1, 0.15) is 41.4 Å². The van der Waals surface area contributed by atoms with Crippen LogP contribution in [0.5, 0.6) is 0 Å². The van der Waals surface area contributed by atoms with E-state index in [1.54, 1.807) is 6.20 Å². The largest absolute Gasteiger partial charge is 0.354 e. The summed E-state index contributed by atoms with van der Waals surface area (Å²) in [5.41, 5.74) is 4.97. The zero-order valence-corrected chi connectivity index (χ0v) is 18.6. The minimum absolute atomic E-state index is 0.0304. The molecule has 0 saturated carbocycles. The number of amides is 1. The number of carbonyl (C=O) groups excluding carboxylic acids is 1. The Morgan fingerprint density at radius 1 is 1.24 bits per heavy atom. The molecule has 1 saturated heterocycles. The number of anilines is 2. The predicted molar refractivity (Wildman–Crippen MR) is 121 cm³/mol. The summed E-state index contributed by atoms with van der Waals surface area (Å²) in [4.78, 5) is 24.4. The van der Waals surface area contributed by atoms with E-state index in [1.807, 2.05) is 43.0 Å². The van der Waals surface area contributed by atoms with Gasteiger partial charge in [0.15, 0.2) is 5.65 Å². The first-order valence-corrected chi connectivity index (χ1v) is 10.8. The normalized spacial score (nSPS) is 16.8. The summed E-state index contributed by atoms with van der Waals surface area (Å²) in [6, 6.07) is 10.0. The fourth-order valence-electron chi connectivity index (χ4n) is 3.88. The van der Waals surface area contributed by atoms with Crippen molar-refractivity contribution in [1.29, 1.82) is 0 Å². The molecule has 1 fully saturated rings. The number of nitrogens with zero attached hydrogens (tertiary/aromatic N) is 3. The third-order valence-corrected chi connectivity index (χ3v) is 6.36. The average Bonchev–Trinajstić information content (AvgIpc) is 2.70. The summed E-state index contributed by atoms with van der Waals surface area (Å²) >= 11 is 3.55. The molecule has 1 aliphatic heterocycles. The van der Waals surface area contributed by atoms with Crippen LogP contribution in [0, 0.1) is 19.8 Å². The molecule has 0 spiro atoms. The molecular formula is C23H25BrN4O. The Kier molecular flexibility index (Phi) is 5.54. The van der Waals surface area contributed by atoms with Crippen LogP contribution in [0.4, 0.5) is 11.4 Å². The monoisotopic (exact) mass is 452 g/mol. The van der Waals surface area contributed by atoms with Gasteiger partial charge in [-0.2, -0.15) is 0 Å². The fraction of sp³-hybridized carbons (Fsp3) is 0.348. The molecule has 1 N–H and O–H groups in total. The lowest BCUT2D eigenvalue weighted by Crippen LogP contribution is -2.39. The first-order valence-electron chi connectivity index (χ1n) is 10.0. The molecule has 0 aliphatic carbocycles. The summed E-state index contributed by atoms with van der Waals surface area (Å²) in [6.45, 7) is 7.78. The van der Waals surface area contributed by atoms with E-state index >= 15 is 0 Å². The van der Waals surface area contributed by atoms with Gasteiger partial charge in [0, 0.05) is 40.5 Å². The Bertz CT molecular complexity index is 1080. The number of likely N-dealkylation sites (tertiary alicyclic amines) is 1. The van der Waals surface area contributed by atoms with Gasteiger partial charge in [-0.1, -0.05) is 22.9 Å². The lowest BCUT2D eigenvalue weighted by atomic mass is 9.99. The van der Waals surface area contributed by atoms with Crippen molar-refractivity contribution < 1.29 is 4.79 Å².